The summed E-state index contributed by atoms with van der Waals surface area (Å²) < 4.78 is 0. The van der Waals surface area contributed by atoms with Gasteiger partial charge in [0.1, 0.15) is 5.54 Å². The third-order valence-corrected chi connectivity index (χ3v) is 5.87. The lowest BCUT2D eigenvalue weighted by Gasteiger charge is -2.28. The fraction of sp³-hybridized carbons (Fsp3) is 0.455. The van der Waals surface area contributed by atoms with E-state index in [1.54, 1.807) is 18.3 Å². The Hall–Kier alpha value is -2.16. The largest absolute Gasteiger partial charge is 0.337 e. The molecule has 144 valence electrons. The SMILES string of the molecule is CCCc1ccc([C@H](NCC(=O)N[C@@](C)(C#N)C(C)C)c2cccs2)cc1. The minimum atomic E-state index is -0.862. The number of aryl methyl sites for hydroxylation is 1. The van der Waals surface area contributed by atoms with Gasteiger partial charge in [0.15, 0.2) is 0 Å². The molecule has 1 aromatic carbocycles. The Balaban J connectivity index is 2.10. The zero-order valence-corrected chi connectivity index (χ0v) is 17.4. The van der Waals surface area contributed by atoms with Crippen LogP contribution in [0.1, 0.15) is 56.2 Å². The number of thiophene rings is 1. The molecule has 5 heteroatoms. The second-order valence-electron chi connectivity index (χ2n) is 7.34. The molecular formula is C22H29N3OS. The molecule has 1 heterocycles. The first-order chi connectivity index (χ1) is 12.9. The van der Waals surface area contributed by atoms with Crippen LogP contribution in [0.4, 0.5) is 0 Å². The molecule has 4 nitrogen and oxygen atoms in total. The van der Waals surface area contributed by atoms with Gasteiger partial charge >= 0.3 is 0 Å². The fourth-order valence-electron chi connectivity index (χ4n) is 2.83. The first-order valence-corrected chi connectivity index (χ1v) is 10.4. The highest BCUT2D eigenvalue weighted by Gasteiger charge is 2.30. The lowest BCUT2D eigenvalue weighted by Crippen LogP contribution is -2.51. The summed E-state index contributed by atoms with van der Waals surface area (Å²) in [4.78, 5) is 13.6. The normalized spacial score (nSPS) is 14.4. The van der Waals surface area contributed by atoms with Crippen LogP contribution in [-0.4, -0.2) is 18.0 Å². The van der Waals surface area contributed by atoms with Crippen LogP contribution in [0.25, 0.3) is 0 Å². The fourth-order valence-corrected chi connectivity index (χ4v) is 3.66. The molecule has 2 atom stereocenters. The van der Waals surface area contributed by atoms with E-state index in [9.17, 15) is 10.1 Å². The van der Waals surface area contributed by atoms with Gasteiger partial charge in [0.25, 0.3) is 0 Å². The highest BCUT2D eigenvalue weighted by atomic mass is 32.1. The Morgan fingerprint density at radius 1 is 1.26 bits per heavy atom. The zero-order valence-electron chi connectivity index (χ0n) is 16.6. The van der Waals surface area contributed by atoms with Crippen molar-refractivity contribution >= 4 is 17.2 Å². The second kappa shape index (κ2) is 9.68. The van der Waals surface area contributed by atoms with Gasteiger partial charge in [-0.1, -0.05) is 57.5 Å². The Morgan fingerprint density at radius 3 is 2.48 bits per heavy atom. The van der Waals surface area contributed by atoms with Crippen molar-refractivity contribution in [3.63, 3.8) is 0 Å². The van der Waals surface area contributed by atoms with Crippen molar-refractivity contribution in [1.29, 1.82) is 5.26 Å². The predicted octanol–water partition coefficient (Wildman–Crippen LogP) is 4.43. The molecule has 0 saturated carbocycles. The van der Waals surface area contributed by atoms with Gasteiger partial charge < -0.3 is 5.32 Å². The van der Waals surface area contributed by atoms with Crippen LogP contribution < -0.4 is 10.6 Å². The molecule has 0 unspecified atom stereocenters. The van der Waals surface area contributed by atoms with Crippen molar-refractivity contribution in [1.82, 2.24) is 10.6 Å². The number of nitriles is 1. The molecule has 0 aliphatic rings. The minimum Gasteiger partial charge on any atom is -0.337 e. The van der Waals surface area contributed by atoms with Crippen LogP contribution in [0.5, 0.6) is 0 Å². The quantitative estimate of drug-likeness (QED) is 0.673. The number of hydrogen-bond donors (Lipinski definition) is 2. The van der Waals surface area contributed by atoms with Gasteiger partial charge in [-0.15, -0.1) is 11.3 Å². The number of carbonyl (C=O) groups excluding carboxylic acids is 1. The molecule has 0 aliphatic heterocycles. The second-order valence-corrected chi connectivity index (χ2v) is 8.32. The molecule has 0 aliphatic carbocycles. The summed E-state index contributed by atoms with van der Waals surface area (Å²) >= 11 is 1.67. The highest BCUT2D eigenvalue weighted by molar-refractivity contribution is 7.10. The van der Waals surface area contributed by atoms with E-state index in [1.165, 1.54) is 5.56 Å². The maximum Gasteiger partial charge on any atom is 0.235 e. The Morgan fingerprint density at radius 2 is 1.96 bits per heavy atom. The van der Waals surface area contributed by atoms with Gasteiger partial charge in [-0.25, -0.2) is 0 Å². The summed E-state index contributed by atoms with van der Waals surface area (Å²) in [5.74, 6) is -0.137. The number of rotatable bonds is 9. The number of hydrogen-bond acceptors (Lipinski definition) is 4. The minimum absolute atomic E-state index is 0.0330. The predicted molar refractivity (Wildman–Crippen MR) is 112 cm³/mol. The zero-order chi connectivity index (χ0) is 19.9. The maximum absolute atomic E-state index is 12.4. The van der Waals surface area contributed by atoms with E-state index in [0.29, 0.717) is 0 Å². The molecule has 2 aromatic rings. The van der Waals surface area contributed by atoms with Crippen LogP contribution in [0.2, 0.25) is 0 Å². The van der Waals surface area contributed by atoms with E-state index in [1.807, 2.05) is 25.3 Å². The number of nitrogens with zero attached hydrogens (tertiary/aromatic N) is 1. The summed E-state index contributed by atoms with van der Waals surface area (Å²) in [5.41, 5.74) is 1.60. The van der Waals surface area contributed by atoms with Crippen LogP contribution in [0.15, 0.2) is 41.8 Å². The third kappa shape index (κ3) is 5.66. The van der Waals surface area contributed by atoms with E-state index in [4.69, 9.17) is 0 Å². The Labute approximate surface area is 166 Å². The van der Waals surface area contributed by atoms with E-state index < -0.39 is 5.54 Å². The Bertz CT molecular complexity index is 762. The van der Waals surface area contributed by atoms with Crippen LogP contribution >= 0.6 is 11.3 Å². The molecule has 2 N–H and O–H groups in total. The average Bonchev–Trinajstić information content (AvgIpc) is 3.17. The van der Waals surface area contributed by atoms with Crippen molar-refractivity contribution in [2.24, 2.45) is 5.92 Å². The molecule has 0 saturated heterocycles. The number of benzene rings is 1. The van der Waals surface area contributed by atoms with Crippen molar-refractivity contribution in [2.45, 2.75) is 52.1 Å². The summed E-state index contributed by atoms with van der Waals surface area (Å²) in [6.45, 7) is 7.96. The van der Waals surface area contributed by atoms with Crippen LogP contribution in [0.3, 0.4) is 0 Å². The van der Waals surface area contributed by atoms with E-state index in [2.05, 4.69) is 54.0 Å². The molecule has 1 amide bonds. The molecule has 0 fully saturated rings. The van der Waals surface area contributed by atoms with E-state index in [0.717, 1.165) is 23.3 Å². The van der Waals surface area contributed by atoms with Crippen molar-refractivity contribution in [2.75, 3.05) is 6.54 Å². The molecule has 0 spiro atoms. The Kier molecular flexibility index (Phi) is 7.58. The summed E-state index contributed by atoms with van der Waals surface area (Å²) in [7, 11) is 0. The van der Waals surface area contributed by atoms with E-state index in [-0.39, 0.29) is 24.4 Å². The molecule has 2 rings (SSSR count). The number of amides is 1. The van der Waals surface area contributed by atoms with Crippen LogP contribution in [0, 0.1) is 17.2 Å². The lowest BCUT2D eigenvalue weighted by atomic mass is 9.90. The monoisotopic (exact) mass is 383 g/mol. The topological polar surface area (TPSA) is 64.9 Å². The summed E-state index contributed by atoms with van der Waals surface area (Å²) in [6, 6.07) is 14.9. The van der Waals surface area contributed by atoms with E-state index >= 15 is 0 Å². The standard InChI is InChI=1S/C22H29N3OS/c1-5-7-17-9-11-18(12-10-17)21(19-8-6-13-27-19)24-14-20(26)25-22(4,15-23)16(2)3/h6,8-13,16,21,24H,5,7,14H2,1-4H3,(H,25,26)/t21-,22-/m0/s1. The van der Waals surface area contributed by atoms with Gasteiger partial charge in [-0.2, -0.15) is 5.26 Å². The molecule has 27 heavy (non-hydrogen) atoms. The van der Waals surface area contributed by atoms with Gasteiger partial charge in [-0.05, 0) is 41.8 Å². The lowest BCUT2D eigenvalue weighted by molar-refractivity contribution is -0.121. The van der Waals surface area contributed by atoms with Gasteiger partial charge in [-0.3, -0.25) is 10.1 Å². The molecular weight excluding hydrogens is 354 g/mol. The number of nitrogens with one attached hydrogen (secondary N) is 2. The first-order valence-electron chi connectivity index (χ1n) is 9.47. The van der Waals surface area contributed by atoms with Crippen molar-refractivity contribution in [3.05, 3.63) is 57.8 Å². The molecule has 0 bridgehead atoms. The maximum atomic E-state index is 12.4. The highest BCUT2D eigenvalue weighted by Crippen LogP contribution is 2.26. The number of carbonyl (C=O) groups is 1. The van der Waals surface area contributed by atoms with Crippen molar-refractivity contribution in [3.8, 4) is 6.07 Å². The smallest absolute Gasteiger partial charge is 0.235 e. The van der Waals surface area contributed by atoms with Gasteiger partial charge in [0.05, 0.1) is 18.7 Å². The van der Waals surface area contributed by atoms with Gasteiger partial charge in [0.2, 0.25) is 5.91 Å². The van der Waals surface area contributed by atoms with Crippen molar-refractivity contribution < 1.29 is 4.79 Å². The average molecular weight is 384 g/mol. The molecule has 0 radical (unpaired) electrons. The summed E-state index contributed by atoms with van der Waals surface area (Å²) in [6.07, 6.45) is 2.20. The first kappa shape index (κ1) is 21.1. The molecule has 1 aromatic heterocycles. The van der Waals surface area contributed by atoms with Crippen LogP contribution in [-0.2, 0) is 11.2 Å². The van der Waals surface area contributed by atoms with Gasteiger partial charge in [0, 0.05) is 4.88 Å². The summed E-state index contributed by atoms with van der Waals surface area (Å²) in [5, 5.41) is 17.7. The third-order valence-electron chi connectivity index (χ3n) is 4.93.